The van der Waals surface area contributed by atoms with Crippen LogP contribution in [0.3, 0.4) is 0 Å². The van der Waals surface area contributed by atoms with E-state index in [0.29, 0.717) is 6.61 Å². The van der Waals surface area contributed by atoms with Gasteiger partial charge in [0.1, 0.15) is 0 Å². The first-order valence-electron chi connectivity index (χ1n) is 6.39. The predicted octanol–water partition coefficient (Wildman–Crippen LogP) is 2.28. The Morgan fingerprint density at radius 1 is 1.50 bits per heavy atom. The van der Waals surface area contributed by atoms with Crippen LogP contribution in [0.15, 0.2) is 29.9 Å². The number of anilines is 1. The highest BCUT2D eigenvalue weighted by molar-refractivity contribution is 7.13. The van der Waals surface area contributed by atoms with Crippen LogP contribution in [0.1, 0.15) is 18.2 Å². The van der Waals surface area contributed by atoms with Gasteiger partial charge in [-0.2, -0.15) is 0 Å². The number of esters is 1. The molecule has 2 heterocycles. The van der Waals surface area contributed by atoms with Gasteiger partial charge in [0.15, 0.2) is 5.13 Å². The standard InChI is InChI=1S/C14H17N3O2S/c1-3-19-13(18)7-12-10-20-14(16-12)17(2)9-11-5-4-6-15-8-11/h4-6,8,10H,3,7,9H2,1-2H3. The zero-order chi connectivity index (χ0) is 14.4. The smallest absolute Gasteiger partial charge is 0.311 e. The Balaban J connectivity index is 1.96. The van der Waals surface area contributed by atoms with Crippen molar-refractivity contribution in [3.05, 3.63) is 41.2 Å². The molecular weight excluding hydrogens is 274 g/mol. The molecule has 0 bridgehead atoms. The summed E-state index contributed by atoms with van der Waals surface area (Å²) in [5.74, 6) is -0.237. The first-order valence-corrected chi connectivity index (χ1v) is 7.27. The maximum absolute atomic E-state index is 11.4. The van der Waals surface area contributed by atoms with Gasteiger partial charge in [-0.05, 0) is 18.6 Å². The molecule has 0 amide bonds. The Labute approximate surface area is 122 Å². The molecule has 0 atom stereocenters. The van der Waals surface area contributed by atoms with Crippen LogP contribution in [-0.4, -0.2) is 29.6 Å². The minimum Gasteiger partial charge on any atom is -0.466 e. The number of hydrogen-bond acceptors (Lipinski definition) is 6. The molecule has 0 saturated heterocycles. The van der Waals surface area contributed by atoms with E-state index in [0.717, 1.165) is 22.9 Å². The van der Waals surface area contributed by atoms with Crippen LogP contribution in [-0.2, 0) is 22.5 Å². The van der Waals surface area contributed by atoms with E-state index in [1.54, 1.807) is 13.1 Å². The number of thiazole rings is 1. The topological polar surface area (TPSA) is 55.3 Å². The lowest BCUT2D eigenvalue weighted by molar-refractivity contribution is -0.142. The first kappa shape index (κ1) is 14.5. The summed E-state index contributed by atoms with van der Waals surface area (Å²) in [7, 11) is 1.97. The van der Waals surface area contributed by atoms with Crippen LogP contribution >= 0.6 is 11.3 Å². The van der Waals surface area contributed by atoms with Crippen molar-refractivity contribution < 1.29 is 9.53 Å². The average Bonchev–Trinajstić information content (AvgIpc) is 2.88. The number of rotatable bonds is 6. The first-order chi connectivity index (χ1) is 9.69. The molecule has 2 aromatic rings. The molecule has 2 rings (SSSR count). The maximum Gasteiger partial charge on any atom is 0.311 e. The monoisotopic (exact) mass is 291 g/mol. The summed E-state index contributed by atoms with van der Waals surface area (Å²) in [5, 5.41) is 2.78. The molecule has 0 saturated carbocycles. The Morgan fingerprint density at radius 2 is 2.35 bits per heavy atom. The number of carbonyl (C=O) groups excluding carboxylic acids is 1. The van der Waals surface area contributed by atoms with Crippen LogP contribution in [0.4, 0.5) is 5.13 Å². The third-order valence-electron chi connectivity index (χ3n) is 2.64. The highest BCUT2D eigenvalue weighted by Gasteiger charge is 2.11. The lowest BCUT2D eigenvalue weighted by Gasteiger charge is -2.15. The van der Waals surface area contributed by atoms with Crippen molar-refractivity contribution in [3.63, 3.8) is 0 Å². The molecule has 0 aliphatic heterocycles. The number of nitrogens with zero attached hydrogens (tertiary/aromatic N) is 3. The second-order valence-corrected chi connectivity index (χ2v) is 5.16. The zero-order valence-corrected chi connectivity index (χ0v) is 12.4. The number of pyridine rings is 1. The van der Waals surface area contributed by atoms with Crippen LogP contribution in [0.2, 0.25) is 0 Å². The predicted molar refractivity (Wildman–Crippen MR) is 78.8 cm³/mol. The minimum atomic E-state index is -0.237. The van der Waals surface area contributed by atoms with Crippen LogP contribution in [0.5, 0.6) is 0 Å². The molecule has 0 fully saturated rings. The third-order valence-corrected chi connectivity index (χ3v) is 3.64. The molecule has 0 N–H and O–H groups in total. The van der Waals surface area contributed by atoms with Crippen LogP contribution < -0.4 is 4.90 Å². The minimum absolute atomic E-state index is 0.227. The van der Waals surface area contributed by atoms with E-state index < -0.39 is 0 Å². The Morgan fingerprint density at radius 3 is 3.05 bits per heavy atom. The fraction of sp³-hybridized carbons (Fsp3) is 0.357. The second-order valence-electron chi connectivity index (χ2n) is 4.32. The van der Waals surface area contributed by atoms with E-state index in [9.17, 15) is 4.79 Å². The van der Waals surface area contributed by atoms with E-state index >= 15 is 0 Å². The highest BCUT2D eigenvalue weighted by atomic mass is 32.1. The van der Waals surface area contributed by atoms with E-state index in [1.165, 1.54) is 11.3 Å². The molecule has 0 aliphatic rings. The quantitative estimate of drug-likeness (QED) is 0.764. The van der Waals surface area contributed by atoms with Gasteiger partial charge in [0, 0.05) is 31.4 Å². The van der Waals surface area contributed by atoms with Gasteiger partial charge in [0.05, 0.1) is 18.7 Å². The van der Waals surface area contributed by atoms with Gasteiger partial charge >= 0.3 is 5.97 Å². The van der Waals surface area contributed by atoms with Gasteiger partial charge < -0.3 is 9.64 Å². The van der Waals surface area contributed by atoms with Crippen molar-refractivity contribution in [1.82, 2.24) is 9.97 Å². The van der Waals surface area contributed by atoms with Gasteiger partial charge in [0.2, 0.25) is 0 Å². The Hall–Kier alpha value is -1.95. The Bertz CT molecular complexity index is 557. The fourth-order valence-electron chi connectivity index (χ4n) is 1.75. The molecule has 0 radical (unpaired) electrons. The van der Waals surface area contributed by atoms with Gasteiger partial charge in [-0.15, -0.1) is 11.3 Å². The lowest BCUT2D eigenvalue weighted by atomic mass is 10.3. The molecule has 0 aromatic carbocycles. The average molecular weight is 291 g/mol. The third kappa shape index (κ3) is 4.03. The lowest BCUT2D eigenvalue weighted by Crippen LogP contribution is -2.16. The number of aromatic nitrogens is 2. The normalized spacial score (nSPS) is 10.3. The molecular formula is C14H17N3O2S. The Kier molecular flexibility index (Phi) is 5.06. The van der Waals surface area contributed by atoms with Crippen molar-refractivity contribution >= 4 is 22.4 Å². The molecule has 5 nitrogen and oxygen atoms in total. The van der Waals surface area contributed by atoms with Crippen LogP contribution in [0, 0.1) is 0 Å². The summed E-state index contributed by atoms with van der Waals surface area (Å²) >= 11 is 1.52. The fourth-order valence-corrected chi connectivity index (χ4v) is 2.54. The van der Waals surface area contributed by atoms with Crippen molar-refractivity contribution in [2.24, 2.45) is 0 Å². The summed E-state index contributed by atoms with van der Waals surface area (Å²) in [6.07, 6.45) is 3.82. The molecule has 2 aromatic heterocycles. The molecule has 20 heavy (non-hydrogen) atoms. The largest absolute Gasteiger partial charge is 0.466 e. The second kappa shape index (κ2) is 7.00. The van der Waals surface area contributed by atoms with Crippen molar-refractivity contribution in [1.29, 1.82) is 0 Å². The summed E-state index contributed by atoms with van der Waals surface area (Å²) in [4.78, 5) is 22.0. The number of ether oxygens (including phenoxy) is 1. The van der Waals surface area contributed by atoms with E-state index in [-0.39, 0.29) is 12.4 Å². The van der Waals surface area contributed by atoms with E-state index in [1.807, 2.05) is 35.7 Å². The van der Waals surface area contributed by atoms with Gasteiger partial charge in [-0.1, -0.05) is 6.07 Å². The maximum atomic E-state index is 11.4. The zero-order valence-electron chi connectivity index (χ0n) is 11.6. The highest BCUT2D eigenvalue weighted by Crippen LogP contribution is 2.21. The number of carbonyl (C=O) groups is 1. The van der Waals surface area contributed by atoms with Gasteiger partial charge in [-0.3, -0.25) is 9.78 Å². The molecule has 6 heteroatoms. The van der Waals surface area contributed by atoms with Crippen molar-refractivity contribution in [3.8, 4) is 0 Å². The van der Waals surface area contributed by atoms with E-state index in [2.05, 4.69) is 9.97 Å². The SMILES string of the molecule is CCOC(=O)Cc1csc(N(C)Cc2cccnc2)n1. The summed E-state index contributed by atoms with van der Waals surface area (Å²) < 4.78 is 4.92. The summed E-state index contributed by atoms with van der Waals surface area (Å²) in [6.45, 7) is 2.93. The van der Waals surface area contributed by atoms with Gasteiger partial charge in [-0.25, -0.2) is 4.98 Å². The molecule has 0 spiro atoms. The van der Waals surface area contributed by atoms with E-state index in [4.69, 9.17) is 4.74 Å². The van der Waals surface area contributed by atoms with Crippen LogP contribution in [0.25, 0.3) is 0 Å². The molecule has 0 unspecified atom stereocenters. The van der Waals surface area contributed by atoms with Crippen molar-refractivity contribution in [2.75, 3.05) is 18.6 Å². The van der Waals surface area contributed by atoms with Gasteiger partial charge in [0.25, 0.3) is 0 Å². The number of hydrogen-bond donors (Lipinski definition) is 0. The van der Waals surface area contributed by atoms with Crippen molar-refractivity contribution in [2.45, 2.75) is 19.9 Å². The molecule has 106 valence electrons. The summed E-state index contributed by atoms with van der Waals surface area (Å²) in [5.41, 5.74) is 1.87. The molecule has 0 aliphatic carbocycles. The summed E-state index contributed by atoms with van der Waals surface area (Å²) in [6, 6.07) is 3.94.